The molecule has 0 unspecified atom stereocenters. The molecular weight excluding hydrogens is 1700 g/mol. The van der Waals surface area contributed by atoms with Crippen molar-refractivity contribution >= 4 is 60.6 Å². The molecule has 0 bridgehead atoms. The summed E-state index contributed by atoms with van der Waals surface area (Å²) in [6.07, 6.45) is 53.7. The van der Waals surface area contributed by atoms with Crippen LogP contribution in [0.4, 0.5) is 26.3 Å². The zero-order valence-electron chi connectivity index (χ0n) is 72.2. The lowest BCUT2D eigenvalue weighted by molar-refractivity contribution is -0.246. The molecule has 690 valence electrons. The molecule has 1 saturated heterocycles. The van der Waals surface area contributed by atoms with Gasteiger partial charge in [-0.1, -0.05) is 256 Å². The van der Waals surface area contributed by atoms with Crippen LogP contribution in [-0.2, 0) is 60.6 Å². The molecule has 9 saturated carbocycles. The van der Waals surface area contributed by atoms with Crippen LogP contribution in [0.3, 0.4) is 0 Å². The Kier molecular flexibility index (Phi) is 35.7. The minimum atomic E-state index is -6.98. The summed E-state index contributed by atoms with van der Waals surface area (Å²) in [5, 5.41) is -13.1. The van der Waals surface area contributed by atoms with Crippen LogP contribution in [0.1, 0.15) is 462 Å². The smallest absolute Gasteiger partial charge is 0.282 e. The molecule has 4 aromatic carbocycles. The van der Waals surface area contributed by atoms with Crippen molar-refractivity contribution in [3.05, 3.63) is 116 Å². The van der Waals surface area contributed by atoms with E-state index in [9.17, 15) is 95.1 Å². The number of hydrogen-bond acceptors (Lipinski definition) is 12. The largest absolute Gasteiger partial charge is 0.439 e. The average molecular weight is 1840 g/mol. The summed E-state index contributed by atoms with van der Waals surface area (Å²) in [5.41, 5.74) is 11.4. The number of nitrogens with zero attached hydrogens (tertiary/aromatic N) is 1. The summed E-state index contributed by atoms with van der Waals surface area (Å²) in [7, 11) is -30.0. The van der Waals surface area contributed by atoms with Gasteiger partial charge in [-0.05, 0) is 261 Å². The summed E-state index contributed by atoms with van der Waals surface area (Å²) >= 11 is 0. The van der Waals surface area contributed by atoms with Crippen LogP contribution in [-0.4, -0.2) is 107 Å². The zero-order chi connectivity index (χ0) is 88.8. The predicted molar refractivity (Wildman–Crippen MR) is 466 cm³/mol. The van der Waals surface area contributed by atoms with Gasteiger partial charge in [-0.2, -0.15) is 72.7 Å². The first-order chi connectivity index (χ1) is 57.5. The fourth-order valence-corrected chi connectivity index (χ4v) is 28.2. The predicted octanol–water partition coefficient (Wildman–Crippen LogP) is 25.9. The molecular formula is C92H137F6NO17S6. The zero-order valence-corrected chi connectivity index (χ0v) is 77.1. The van der Waals surface area contributed by atoms with Crippen molar-refractivity contribution in [1.82, 2.24) is 4.31 Å². The molecule has 122 heavy (non-hydrogen) atoms. The van der Waals surface area contributed by atoms with Crippen LogP contribution in [0.2, 0.25) is 0 Å². The average Bonchev–Trinajstić information content (AvgIpc) is 0.720. The molecule has 9 aliphatic carbocycles. The molecule has 0 spiro atoms. The minimum Gasteiger partial charge on any atom is -0.282 e. The molecule has 0 atom stereocenters. The highest BCUT2D eigenvalue weighted by Crippen LogP contribution is 2.55. The molecule has 5 N–H and O–H groups in total. The van der Waals surface area contributed by atoms with Gasteiger partial charge in [0.15, 0.2) is 0 Å². The van der Waals surface area contributed by atoms with E-state index in [0.717, 1.165) is 123 Å². The SMILES string of the molecule is CC(C)c1cccc(C(C)C)c1S(=O)(=O)O.O=S(=O)(O)C(F)(F)C(F)(F)C(F)(F)S(=O)(=O)N1CCCCC1.O=S(=O)(O)c1c(C2CCCCC2)c(C2CCCCC2)cc(C2CCCCC2)c1C1CCCCC1.O=S(=O)(O)c1c(C2CCCCC2)cc(C2CCCCC2)cc1C1CCCCC1.O=S(=O)(O)c1cc(C2CCCCC2)ccc1C1CCCCC1. The van der Waals surface area contributed by atoms with E-state index in [2.05, 4.69) is 24.3 Å². The highest BCUT2D eigenvalue weighted by Gasteiger charge is 2.82. The Labute approximate surface area is 725 Å². The topological polar surface area (TPSA) is 309 Å². The molecule has 30 heteroatoms. The molecule has 0 amide bonds. The van der Waals surface area contributed by atoms with Crippen LogP contribution in [0.15, 0.2) is 74.2 Å². The maximum atomic E-state index is 13.6. The van der Waals surface area contributed by atoms with Gasteiger partial charge in [-0.25, -0.2) is 8.42 Å². The monoisotopic (exact) mass is 1830 g/mol. The van der Waals surface area contributed by atoms with Crippen molar-refractivity contribution in [2.75, 3.05) is 13.1 Å². The van der Waals surface area contributed by atoms with Crippen LogP contribution in [0, 0.1) is 0 Å². The van der Waals surface area contributed by atoms with Gasteiger partial charge in [0.1, 0.15) is 14.7 Å². The summed E-state index contributed by atoms with van der Waals surface area (Å²) in [4.78, 5) is 0.961. The summed E-state index contributed by atoms with van der Waals surface area (Å²) in [6.45, 7) is 6.46. The molecule has 10 fully saturated rings. The first kappa shape index (κ1) is 100. The van der Waals surface area contributed by atoms with E-state index in [1.807, 2.05) is 39.8 Å². The Balaban J connectivity index is 0.000000163. The number of halogens is 6. The van der Waals surface area contributed by atoms with Gasteiger partial charge in [-0.15, -0.1) is 0 Å². The third kappa shape index (κ3) is 24.7. The van der Waals surface area contributed by atoms with Gasteiger partial charge in [0.25, 0.3) is 50.5 Å². The summed E-state index contributed by atoms with van der Waals surface area (Å²) in [6, 6.07) is 18.1. The van der Waals surface area contributed by atoms with E-state index >= 15 is 0 Å². The Hall–Kier alpha value is -4.08. The van der Waals surface area contributed by atoms with Gasteiger partial charge in [0, 0.05) is 13.1 Å². The van der Waals surface area contributed by atoms with Gasteiger partial charge >= 0.3 is 26.5 Å². The number of hydrogen-bond donors (Lipinski definition) is 5. The maximum absolute atomic E-state index is 13.6. The Morgan fingerprint density at radius 1 is 0.295 bits per heavy atom. The number of benzene rings is 4. The van der Waals surface area contributed by atoms with E-state index in [4.69, 9.17) is 4.55 Å². The van der Waals surface area contributed by atoms with Crippen molar-refractivity contribution in [2.24, 2.45) is 0 Å². The second kappa shape index (κ2) is 43.6. The Bertz CT molecular complexity index is 4690. The molecule has 0 radical (unpaired) electrons. The molecule has 1 aliphatic heterocycles. The highest BCUT2D eigenvalue weighted by molar-refractivity contribution is 7.90. The Morgan fingerprint density at radius 3 is 0.885 bits per heavy atom. The number of piperidine rings is 1. The van der Waals surface area contributed by atoms with Gasteiger partial charge < -0.3 is 0 Å². The maximum Gasteiger partial charge on any atom is 0.439 e. The van der Waals surface area contributed by atoms with Gasteiger partial charge in [0.05, 0.1) is 4.90 Å². The number of sulfonamides is 1. The van der Waals surface area contributed by atoms with E-state index in [1.165, 1.54) is 216 Å². The molecule has 0 aromatic heterocycles. The fraction of sp³-hybridized carbons (Fsp3) is 0.739. The second-order valence-electron chi connectivity index (χ2n) is 37.6. The highest BCUT2D eigenvalue weighted by atomic mass is 32.2. The van der Waals surface area contributed by atoms with Gasteiger partial charge in [0.2, 0.25) is 0 Å². The molecule has 4 aromatic rings. The van der Waals surface area contributed by atoms with E-state index in [0.29, 0.717) is 62.8 Å². The lowest BCUT2D eigenvalue weighted by Gasteiger charge is -2.37. The van der Waals surface area contributed by atoms with E-state index in [-0.39, 0.29) is 56.5 Å². The van der Waals surface area contributed by atoms with Crippen molar-refractivity contribution in [2.45, 2.75) is 437 Å². The van der Waals surface area contributed by atoms with Crippen molar-refractivity contribution in [3.8, 4) is 0 Å². The quantitative estimate of drug-likeness (QED) is 0.0405. The van der Waals surface area contributed by atoms with Gasteiger partial charge in [-0.3, -0.25) is 22.8 Å². The number of alkyl halides is 6. The normalized spacial score (nSPS) is 21.6. The first-order valence-electron chi connectivity index (χ1n) is 46.1. The second-order valence-corrected chi connectivity index (χ2v) is 46.5. The Morgan fingerprint density at radius 2 is 0.582 bits per heavy atom. The van der Waals surface area contributed by atoms with Crippen LogP contribution < -0.4 is 0 Å². The third-order valence-corrected chi connectivity index (χ3v) is 35.1. The summed E-state index contributed by atoms with van der Waals surface area (Å²) < 4.78 is 270. The van der Waals surface area contributed by atoms with Crippen LogP contribution in [0.25, 0.3) is 0 Å². The molecule has 18 nitrogen and oxygen atoms in total. The summed E-state index contributed by atoms with van der Waals surface area (Å²) in [5.74, 6) is -3.34. The first-order valence-corrected chi connectivity index (χ1v) is 54.8. The van der Waals surface area contributed by atoms with E-state index < -0.39 is 90.1 Å². The molecule has 10 aliphatic rings. The van der Waals surface area contributed by atoms with Crippen molar-refractivity contribution < 1.29 is 99.6 Å². The fourth-order valence-electron chi connectivity index (χ4n) is 22.0. The molecule has 1 heterocycles. The van der Waals surface area contributed by atoms with Crippen LogP contribution >= 0.6 is 0 Å². The molecule has 14 rings (SSSR count). The standard InChI is InChI=1S/C30H46O3S.C24H36O3S.C18H26O3S.C12H18O3S.C8H11F6NO5S2/c31-34(32,33)30-28(24-17-9-3-10-18-24)26(22-13-5-1-6-14-22)21-27(23-15-7-2-8-16-23)29(30)25-19-11-4-12-20-25;25-28(26,27)24-22(19-12-6-2-7-13-19)16-21(18-10-4-1-5-11-18)17-23(24)20-14-8-3-9-15-20;19-22(20,21)18-13-16(14-7-3-1-4-8-14)11-12-17(18)15-9-5-2-6-10-15;1-8(2)10-6-5-7-11(9(3)4)12(10)16(13,14)15;9-6(10,8(13,14)22(18,19)20)7(11,12)21(16,17)15-4-2-1-3-5-15/h21-25H,1-20H2,(H,31,32,33);16-20H,1-15H2,(H,25,26,27);11-15H,1-10H2,(H,19,20,21);5-9H,1-4H3,(H,13,14,15);1-5H2,(H,18,19,20). The lowest BCUT2D eigenvalue weighted by atomic mass is 9.70. The van der Waals surface area contributed by atoms with E-state index in [1.54, 1.807) is 18.2 Å². The van der Waals surface area contributed by atoms with Crippen molar-refractivity contribution in [3.63, 3.8) is 0 Å². The third-order valence-electron chi connectivity index (χ3n) is 28.4. The minimum absolute atomic E-state index is 0.0512. The van der Waals surface area contributed by atoms with Crippen molar-refractivity contribution in [1.29, 1.82) is 0 Å². The lowest BCUT2D eigenvalue weighted by Crippen LogP contribution is -2.63. The number of rotatable bonds is 20. The van der Waals surface area contributed by atoms with Crippen LogP contribution in [0.5, 0.6) is 0 Å².